The fraction of sp³-hybridized carbons (Fsp3) is 0.238. The fourth-order valence-electron chi connectivity index (χ4n) is 4.02. The molecule has 2 saturated heterocycles. The van der Waals surface area contributed by atoms with Crippen molar-refractivity contribution >= 4 is 28.7 Å². The molecule has 2 aliphatic rings. The number of hydrogen-bond donors (Lipinski definition) is 0. The summed E-state index contributed by atoms with van der Waals surface area (Å²) < 4.78 is 0. The fourth-order valence-corrected chi connectivity index (χ4v) is 4.02. The van der Waals surface area contributed by atoms with Crippen LogP contribution in [0.4, 0.5) is 5.82 Å². The standard InChI is InChI=1S/C21H18N4O2/c26-20-15-12-24(19-10-22-17-8-4-5-9-18(17)23-19)13-16(15)21(27)25(20)11-14-6-2-1-3-7-14/h1-10,15-16H,11-13H2. The Bertz CT molecular complexity index is 1010. The van der Waals surface area contributed by atoms with Crippen molar-refractivity contribution in [3.05, 3.63) is 66.4 Å². The van der Waals surface area contributed by atoms with E-state index in [0.717, 1.165) is 22.4 Å². The van der Waals surface area contributed by atoms with Gasteiger partial charge in [-0.25, -0.2) is 4.98 Å². The Labute approximate surface area is 156 Å². The first kappa shape index (κ1) is 15.9. The quantitative estimate of drug-likeness (QED) is 0.672. The highest BCUT2D eigenvalue weighted by molar-refractivity contribution is 6.06. The number of amides is 2. The lowest BCUT2D eigenvalue weighted by Crippen LogP contribution is -2.35. The number of nitrogens with zero attached hydrogens (tertiary/aromatic N) is 4. The Kier molecular flexibility index (Phi) is 3.63. The molecule has 27 heavy (non-hydrogen) atoms. The second-order valence-corrected chi connectivity index (χ2v) is 7.08. The smallest absolute Gasteiger partial charge is 0.235 e. The third kappa shape index (κ3) is 2.65. The number of aromatic nitrogens is 2. The minimum atomic E-state index is -0.297. The first-order valence-corrected chi connectivity index (χ1v) is 9.06. The van der Waals surface area contributed by atoms with Crippen LogP contribution < -0.4 is 4.90 Å². The first-order chi connectivity index (χ1) is 13.2. The van der Waals surface area contributed by atoms with Gasteiger partial charge < -0.3 is 4.90 Å². The maximum Gasteiger partial charge on any atom is 0.235 e. The van der Waals surface area contributed by atoms with Crippen LogP contribution in [-0.4, -0.2) is 39.8 Å². The molecule has 0 saturated carbocycles. The average molecular weight is 358 g/mol. The molecule has 0 aliphatic carbocycles. The van der Waals surface area contributed by atoms with Crippen LogP contribution in [0, 0.1) is 11.8 Å². The van der Waals surface area contributed by atoms with E-state index in [1.807, 2.05) is 59.5 Å². The largest absolute Gasteiger partial charge is 0.354 e. The van der Waals surface area contributed by atoms with Gasteiger partial charge >= 0.3 is 0 Å². The van der Waals surface area contributed by atoms with Crippen molar-refractivity contribution in [3.63, 3.8) is 0 Å². The predicted octanol–water partition coefficient (Wildman–Crippen LogP) is 2.25. The van der Waals surface area contributed by atoms with Gasteiger partial charge in [-0.1, -0.05) is 42.5 Å². The molecule has 0 radical (unpaired) electrons. The molecule has 2 aromatic carbocycles. The van der Waals surface area contributed by atoms with Gasteiger partial charge in [0, 0.05) is 13.1 Å². The number of carbonyl (C=O) groups is 2. The zero-order valence-corrected chi connectivity index (χ0v) is 14.7. The molecule has 134 valence electrons. The van der Waals surface area contributed by atoms with Gasteiger partial charge in [0.2, 0.25) is 11.8 Å². The Hall–Kier alpha value is -3.28. The van der Waals surface area contributed by atoms with Gasteiger partial charge in [-0.05, 0) is 17.7 Å². The third-order valence-electron chi connectivity index (χ3n) is 5.43. The summed E-state index contributed by atoms with van der Waals surface area (Å²) in [5.74, 6) is -0.0301. The van der Waals surface area contributed by atoms with Gasteiger partial charge in [0.25, 0.3) is 0 Å². The minimum absolute atomic E-state index is 0.0786. The molecule has 5 rings (SSSR count). The Morgan fingerprint density at radius 1 is 0.852 bits per heavy atom. The summed E-state index contributed by atoms with van der Waals surface area (Å²) in [6.45, 7) is 1.36. The number of rotatable bonds is 3. The van der Waals surface area contributed by atoms with Crippen molar-refractivity contribution in [2.75, 3.05) is 18.0 Å². The van der Waals surface area contributed by atoms with Gasteiger partial charge in [-0.15, -0.1) is 0 Å². The molecular weight excluding hydrogens is 340 g/mol. The zero-order valence-electron chi connectivity index (χ0n) is 14.7. The highest BCUT2D eigenvalue weighted by Gasteiger charge is 2.52. The number of fused-ring (bicyclic) bond motifs is 2. The van der Waals surface area contributed by atoms with Crippen LogP contribution >= 0.6 is 0 Å². The van der Waals surface area contributed by atoms with E-state index in [-0.39, 0.29) is 23.7 Å². The molecule has 0 N–H and O–H groups in total. The van der Waals surface area contributed by atoms with Crippen molar-refractivity contribution in [2.24, 2.45) is 11.8 Å². The van der Waals surface area contributed by atoms with E-state index < -0.39 is 0 Å². The summed E-state index contributed by atoms with van der Waals surface area (Å²) in [5, 5.41) is 0. The summed E-state index contributed by atoms with van der Waals surface area (Å²) >= 11 is 0. The maximum atomic E-state index is 12.8. The maximum absolute atomic E-state index is 12.8. The van der Waals surface area contributed by atoms with Crippen LogP contribution in [-0.2, 0) is 16.1 Å². The van der Waals surface area contributed by atoms with E-state index in [0.29, 0.717) is 19.6 Å². The van der Waals surface area contributed by atoms with Crippen molar-refractivity contribution < 1.29 is 9.59 Å². The van der Waals surface area contributed by atoms with Crippen molar-refractivity contribution in [2.45, 2.75) is 6.54 Å². The van der Waals surface area contributed by atoms with Crippen LogP contribution in [0.3, 0.4) is 0 Å². The molecule has 6 heteroatoms. The number of anilines is 1. The molecule has 2 aliphatic heterocycles. The van der Waals surface area contributed by atoms with E-state index in [9.17, 15) is 9.59 Å². The number of para-hydroxylation sites is 2. The van der Waals surface area contributed by atoms with Gasteiger partial charge in [0.15, 0.2) is 0 Å². The third-order valence-corrected chi connectivity index (χ3v) is 5.43. The van der Waals surface area contributed by atoms with Crippen LogP contribution in [0.25, 0.3) is 11.0 Å². The zero-order chi connectivity index (χ0) is 18.4. The monoisotopic (exact) mass is 358 g/mol. The van der Waals surface area contributed by atoms with E-state index in [4.69, 9.17) is 0 Å². The van der Waals surface area contributed by atoms with Gasteiger partial charge in [-0.2, -0.15) is 0 Å². The van der Waals surface area contributed by atoms with Crippen LogP contribution in [0.1, 0.15) is 5.56 Å². The molecule has 2 fully saturated rings. The van der Waals surface area contributed by atoms with Crippen LogP contribution in [0.2, 0.25) is 0 Å². The van der Waals surface area contributed by atoms with E-state index in [2.05, 4.69) is 9.97 Å². The molecular formula is C21H18N4O2. The molecule has 3 aromatic rings. The molecule has 2 unspecified atom stereocenters. The van der Waals surface area contributed by atoms with Gasteiger partial charge in [-0.3, -0.25) is 19.5 Å². The highest BCUT2D eigenvalue weighted by Crippen LogP contribution is 2.36. The van der Waals surface area contributed by atoms with E-state index in [1.165, 1.54) is 4.90 Å². The van der Waals surface area contributed by atoms with Gasteiger partial charge in [0.05, 0.1) is 35.6 Å². The molecule has 1 aromatic heterocycles. The number of benzene rings is 2. The van der Waals surface area contributed by atoms with Crippen molar-refractivity contribution in [1.29, 1.82) is 0 Å². The van der Waals surface area contributed by atoms with Crippen molar-refractivity contribution in [3.8, 4) is 0 Å². The lowest BCUT2D eigenvalue weighted by molar-refractivity contribution is -0.140. The Balaban J connectivity index is 1.36. The Morgan fingerprint density at radius 3 is 2.19 bits per heavy atom. The number of likely N-dealkylation sites (tertiary alicyclic amines) is 1. The SMILES string of the molecule is O=C1C2CN(c3cnc4ccccc4n3)CC2C(=O)N1Cc1ccccc1. The summed E-state index contributed by atoms with van der Waals surface area (Å²) in [5.41, 5.74) is 2.62. The summed E-state index contributed by atoms with van der Waals surface area (Å²) in [6.07, 6.45) is 1.72. The number of carbonyl (C=O) groups excluding carboxylic acids is 2. The van der Waals surface area contributed by atoms with Crippen molar-refractivity contribution in [1.82, 2.24) is 14.9 Å². The summed E-state index contributed by atoms with van der Waals surface area (Å²) in [4.78, 5) is 38.2. The molecule has 3 heterocycles. The lowest BCUT2D eigenvalue weighted by atomic mass is 10.00. The average Bonchev–Trinajstić information content (AvgIpc) is 3.24. The van der Waals surface area contributed by atoms with Crippen LogP contribution in [0.15, 0.2) is 60.8 Å². The molecule has 6 nitrogen and oxygen atoms in total. The van der Waals surface area contributed by atoms with E-state index in [1.54, 1.807) is 6.20 Å². The second-order valence-electron chi connectivity index (χ2n) is 7.08. The normalized spacial score (nSPS) is 21.9. The first-order valence-electron chi connectivity index (χ1n) is 9.06. The predicted molar refractivity (Wildman–Crippen MR) is 101 cm³/mol. The topological polar surface area (TPSA) is 66.4 Å². The molecule has 0 bridgehead atoms. The number of imide groups is 1. The van der Waals surface area contributed by atoms with Gasteiger partial charge in [0.1, 0.15) is 5.82 Å². The molecule has 2 amide bonds. The summed E-state index contributed by atoms with van der Waals surface area (Å²) in [7, 11) is 0. The Morgan fingerprint density at radius 2 is 1.48 bits per heavy atom. The molecule has 2 atom stereocenters. The number of hydrogen-bond acceptors (Lipinski definition) is 5. The minimum Gasteiger partial charge on any atom is -0.354 e. The highest BCUT2D eigenvalue weighted by atomic mass is 16.2. The lowest BCUT2D eigenvalue weighted by Gasteiger charge is -2.21. The van der Waals surface area contributed by atoms with Crippen LogP contribution in [0.5, 0.6) is 0 Å². The summed E-state index contributed by atoms with van der Waals surface area (Å²) in [6, 6.07) is 17.3. The molecule has 0 spiro atoms. The second kappa shape index (κ2) is 6.16. The van der Waals surface area contributed by atoms with E-state index >= 15 is 0 Å².